The minimum absolute atomic E-state index is 0.315. The quantitative estimate of drug-likeness (QED) is 0.717. The van der Waals surface area contributed by atoms with Gasteiger partial charge in [0.05, 0.1) is 6.54 Å². The zero-order chi connectivity index (χ0) is 17.4. The van der Waals surface area contributed by atoms with Crippen LogP contribution in [-0.2, 0) is 6.61 Å². The van der Waals surface area contributed by atoms with Gasteiger partial charge in [-0.25, -0.2) is 8.78 Å². The topological polar surface area (TPSA) is 29.5 Å². The van der Waals surface area contributed by atoms with Gasteiger partial charge in [0, 0.05) is 12.1 Å². The third-order valence-electron chi connectivity index (χ3n) is 3.49. The Hall–Kier alpha value is -2.43. The van der Waals surface area contributed by atoms with Gasteiger partial charge in [0.1, 0.15) is 12.4 Å². The lowest BCUT2D eigenvalue weighted by Crippen LogP contribution is -2.35. The highest BCUT2D eigenvalue weighted by atomic mass is 19.3. The monoisotopic (exact) mass is 333 g/mol. The van der Waals surface area contributed by atoms with Crippen LogP contribution >= 0.6 is 0 Å². The smallest absolute Gasteiger partial charge is 0.255 e. The second-order valence-corrected chi connectivity index (χ2v) is 5.44. The number of benzene rings is 2. The van der Waals surface area contributed by atoms with E-state index in [9.17, 15) is 13.6 Å². The molecule has 0 saturated heterocycles. The Balaban J connectivity index is 1.98. The van der Waals surface area contributed by atoms with Gasteiger partial charge in [-0.05, 0) is 36.2 Å². The van der Waals surface area contributed by atoms with Crippen molar-refractivity contribution in [3.63, 3.8) is 0 Å². The molecule has 0 bridgehead atoms. The minimum Gasteiger partial charge on any atom is -0.489 e. The summed E-state index contributed by atoms with van der Waals surface area (Å²) in [6.07, 6.45) is -1.90. The molecule has 0 aliphatic heterocycles. The van der Waals surface area contributed by atoms with Gasteiger partial charge in [-0.1, -0.05) is 37.3 Å². The summed E-state index contributed by atoms with van der Waals surface area (Å²) in [6, 6.07) is 16.3. The van der Waals surface area contributed by atoms with E-state index in [1.165, 1.54) is 4.90 Å². The predicted octanol–water partition coefficient (Wildman–Crippen LogP) is 4.38. The zero-order valence-corrected chi connectivity index (χ0v) is 13.6. The van der Waals surface area contributed by atoms with Crippen molar-refractivity contribution < 1.29 is 18.3 Å². The third kappa shape index (κ3) is 5.33. The van der Waals surface area contributed by atoms with Crippen molar-refractivity contribution in [3.8, 4) is 5.75 Å². The molecule has 0 saturated carbocycles. The summed E-state index contributed by atoms with van der Waals surface area (Å²) in [4.78, 5) is 13.5. The largest absolute Gasteiger partial charge is 0.489 e. The Morgan fingerprint density at radius 2 is 1.75 bits per heavy atom. The van der Waals surface area contributed by atoms with E-state index in [0.717, 1.165) is 5.56 Å². The molecule has 2 aromatic carbocycles. The predicted molar refractivity (Wildman–Crippen MR) is 89.4 cm³/mol. The molecule has 0 radical (unpaired) electrons. The number of hydrogen-bond donors (Lipinski definition) is 0. The molecule has 3 nitrogen and oxygen atoms in total. The van der Waals surface area contributed by atoms with E-state index in [2.05, 4.69) is 0 Å². The first-order valence-electron chi connectivity index (χ1n) is 7.94. The van der Waals surface area contributed by atoms with Crippen molar-refractivity contribution in [2.45, 2.75) is 26.4 Å². The molecule has 2 aromatic rings. The summed E-state index contributed by atoms with van der Waals surface area (Å²) in [5.74, 6) is 0.248. The lowest BCUT2D eigenvalue weighted by atomic mass is 10.2. The van der Waals surface area contributed by atoms with Crippen LogP contribution in [0.25, 0.3) is 0 Å². The van der Waals surface area contributed by atoms with E-state index in [4.69, 9.17) is 4.74 Å². The molecule has 24 heavy (non-hydrogen) atoms. The summed E-state index contributed by atoms with van der Waals surface area (Å²) in [6.45, 7) is 2.06. The van der Waals surface area contributed by atoms with Crippen LogP contribution in [0.4, 0.5) is 8.78 Å². The number of amides is 1. The molecule has 0 atom stereocenters. The molecule has 0 aromatic heterocycles. The Morgan fingerprint density at radius 1 is 1.08 bits per heavy atom. The van der Waals surface area contributed by atoms with Crippen molar-refractivity contribution in [2.24, 2.45) is 0 Å². The number of carbonyl (C=O) groups excluding carboxylic acids is 1. The van der Waals surface area contributed by atoms with Crippen LogP contribution in [0, 0.1) is 0 Å². The number of nitrogens with zero attached hydrogens (tertiary/aromatic N) is 1. The first-order chi connectivity index (χ1) is 11.6. The lowest BCUT2D eigenvalue weighted by Gasteiger charge is -2.21. The lowest BCUT2D eigenvalue weighted by molar-refractivity contribution is 0.0555. The van der Waals surface area contributed by atoms with Crippen molar-refractivity contribution >= 4 is 5.91 Å². The van der Waals surface area contributed by atoms with Crippen LogP contribution < -0.4 is 4.74 Å². The maximum atomic E-state index is 12.6. The van der Waals surface area contributed by atoms with Crippen molar-refractivity contribution in [3.05, 3.63) is 65.7 Å². The molecule has 5 heteroatoms. The number of alkyl halides is 2. The zero-order valence-electron chi connectivity index (χ0n) is 13.6. The van der Waals surface area contributed by atoms with Crippen LogP contribution in [0.3, 0.4) is 0 Å². The summed E-state index contributed by atoms with van der Waals surface area (Å²) in [5, 5.41) is 0. The SMILES string of the molecule is CCCN(CC(F)F)C(=O)c1ccc(OCc2ccccc2)cc1. The fourth-order valence-electron chi connectivity index (χ4n) is 2.33. The maximum absolute atomic E-state index is 12.6. The molecule has 0 spiro atoms. The first kappa shape index (κ1) is 17.9. The Bertz CT molecular complexity index is 630. The van der Waals surface area contributed by atoms with Gasteiger partial charge in [-0.15, -0.1) is 0 Å². The molecular weight excluding hydrogens is 312 g/mol. The molecular formula is C19H21F2NO2. The van der Waals surface area contributed by atoms with Gasteiger partial charge >= 0.3 is 0 Å². The standard InChI is InChI=1S/C19H21F2NO2/c1-2-12-22(13-18(20)21)19(23)16-8-10-17(11-9-16)24-14-15-6-4-3-5-7-15/h3-11,18H,2,12-14H2,1H3. The van der Waals surface area contributed by atoms with Gasteiger partial charge in [-0.3, -0.25) is 4.79 Å². The molecule has 2 rings (SSSR count). The molecule has 1 amide bonds. The molecule has 0 N–H and O–H groups in total. The second kappa shape index (κ2) is 9.01. The summed E-state index contributed by atoms with van der Waals surface area (Å²) >= 11 is 0. The first-order valence-corrected chi connectivity index (χ1v) is 7.94. The van der Waals surface area contributed by atoms with Crippen LogP contribution in [0.5, 0.6) is 5.75 Å². The normalized spacial score (nSPS) is 10.7. The summed E-state index contributed by atoms with van der Waals surface area (Å²) in [7, 11) is 0. The maximum Gasteiger partial charge on any atom is 0.255 e. The molecule has 0 aliphatic carbocycles. The van der Waals surface area contributed by atoms with Crippen LogP contribution in [0.15, 0.2) is 54.6 Å². The highest BCUT2D eigenvalue weighted by molar-refractivity contribution is 5.94. The minimum atomic E-state index is -2.53. The van der Waals surface area contributed by atoms with E-state index in [0.29, 0.717) is 30.9 Å². The van der Waals surface area contributed by atoms with Crippen molar-refractivity contribution in [2.75, 3.05) is 13.1 Å². The Kier molecular flexibility index (Phi) is 6.73. The third-order valence-corrected chi connectivity index (χ3v) is 3.49. The molecule has 0 heterocycles. The van der Waals surface area contributed by atoms with E-state index in [1.54, 1.807) is 24.3 Å². The van der Waals surface area contributed by atoms with Crippen LogP contribution in [-0.4, -0.2) is 30.3 Å². The molecule has 0 unspecified atom stereocenters. The highest BCUT2D eigenvalue weighted by Crippen LogP contribution is 2.16. The second-order valence-electron chi connectivity index (χ2n) is 5.44. The summed E-state index contributed by atoms with van der Waals surface area (Å²) in [5.41, 5.74) is 1.43. The fraction of sp³-hybridized carbons (Fsp3) is 0.316. The van der Waals surface area contributed by atoms with Crippen molar-refractivity contribution in [1.82, 2.24) is 4.90 Å². The van der Waals surface area contributed by atoms with Gasteiger partial charge in [0.2, 0.25) is 0 Å². The molecule has 128 valence electrons. The van der Waals surface area contributed by atoms with Crippen LogP contribution in [0.2, 0.25) is 0 Å². The Morgan fingerprint density at radius 3 is 2.33 bits per heavy atom. The van der Waals surface area contributed by atoms with E-state index >= 15 is 0 Å². The average molecular weight is 333 g/mol. The fourth-order valence-corrected chi connectivity index (χ4v) is 2.33. The van der Waals surface area contributed by atoms with Crippen molar-refractivity contribution in [1.29, 1.82) is 0 Å². The van der Waals surface area contributed by atoms with E-state index in [-0.39, 0.29) is 5.91 Å². The van der Waals surface area contributed by atoms with Gasteiger partial charge in [-0.2, -0.15) is 0 Å². The van der Waals surface area contributed by atoms with Gasteiger partial charge < -0.3 is 9.64 Å². The number of rotatable bonds is 8. The Labute approximate surface area is 140 Å². The van der Waals surface area contributed by atoms with E-state index < -0.39 is 13.0 Å². The summed E-state index contributed by atoms with van der Waals surface area (Å²) < 4.78 is 30.8. The number of carbonyl (C=O) groups is 1. The number of halogens is 2. The van der Waals surface area contributed by atoms with E-state index in [1.807, 2.05) is 37.3 Å². The van der Waals surface area contributed by atoms with Gasteiger partial charge in [0.25, 0.3) is 12.3 Å². The van der Waals surface area contributed by atoms with Gasteiger partial charge in [0.15, 0.2) is 0 Å². The average Bonchev–Trinajstić information content (AvgIpc) is 2.60. The number of hydrogen-bond acceptors (Lipinski definition) is 2. The van der Waals surface area contributed by atoms with Crippen LogP contribution in [0.1, 0.15) is 29.3 Å². The highest BCUT2D eigenvalue weighted by Gasteiger charge is 2.18. The number of ether oxygens (including phenoxy) is 1. The molecule has 0 fully saturated rings. The molecule has 0 aliphatic rings.